The van der Waals surface area contributed by atoms with Gasteiger partial charge in [-0.1, -0.05) is 34.1 Å². The molecule has 0 aromatic heterocycles. The van der Waals surface area contributed by atoms with Crippen LogP contribution in [0.3, 0.4) is 0 Å². The third-order valence-electron chi connectivity index (χ3n) is 3.84. The van der Waals surface area contributed by atoms with Gasteiger partial charge in [0.05, 0.1) is 11.6 Å². The molecule has 110 valence electrons. The Labute approximate surface area is 129 Å². The Morgan fingerprint density at radius 1 is 1.40 bits per heavy atom. The minimum Gasteiger partial charge on any atom is -0.378 e. The molecule has 0 unspecified atom stereocenters. The van der Waals surface area contributed by atoms with Crippen LogP contribution in [-0.2, 0) is 15.1 Å². The maximum Gasteiger partial charge on any atom is 0.223 e. The summed E-state index contributed by atoms with van der Waals surface area (Å²) in [5.41, 5.74) is 0.701. The molecule has 20 heavy (non-hydrogen) atoms. The SMILES string of the molecule is C[C@H]1C[C@H](C(=O)NC(C)(C)c2ccccc2Br)CCO1. The lowest BCUT2D eigenvalue weighted by molar-refractivity contribution is -0.131. The molecule has 0 radical (unpaired) electrons. The summed E-state index contributed by atoms with van der Waals surface area (Å²) in [5, 5.41) is 3.18. The van der Waals surface area contributed by atoms with Crippen LogP contribution >= 0.6 is 15.9 Å². The third kappa shape index (κ3) is 3.61. The Kier molecular flexibility index (Phi) is 4.86. The maximum atomic E-state index is 12.5. The van der Waals surface area contributed by atoms with Crippen molar-refractivity contribution >= 4 is 21.8 Å². The van der Waals surface area contributed by atoms with Gasteiger partial charge in [-0.05, 0) is 45.2 Å². The number of amides is 1. The number of carbonyl (C=O) groups is 1. The number of hydrogen-bond donors (Lipinski definition) is 1. The van der Waals surface area contributed by atoms with Crippen molar-refractivity contribution in [2.75, 3.05) is 6.61 Å². The van der Waals surface area contributed by atoms with E-state index in [1.165, 1.54) is 0 Å². The van der Waals surface area contributed by atoms with Crippen molar-refractivity contribution in [3.05, 3.63) is 34.3 Å². The Morgan fingerprint density at radius 2 is 2.10 bits per heavy atom. The number of benzene rings is 1. The Balaban J connectivity index is 2.08. The molecule has 1 heterocycles. The zero-order valence-corrected chi connectivity index (χ0v) is 13.9. The van der Waals surface area contributed by atoms with E-state index in [2.05, 4.69) is 21.2 Å². The first-order valence-electron chi connectivity index (χ1n) is 7.09. The van der Waals surface area contributed by atoms with Crippen LogP contribution < -0.4 is 5.32 Å². The fourth-order valence-corrected chi connectivity index (χ4v) is 3.46. The Bertz CT molecular complexity index is 487. The first-order valence-corrected chi connectivity index (χ1v) is 7.88. The lowest BCUT2D eigenvalue weighted by Crippen LogP contribution is -2.46. The topological polar surface area (TPSA) is 38.3 Å². The molecule has 1 saturated heterocycles. The lowest BCUT2D eigenvalue weighted by Gasteiger charge is -2.32. The van der Waals surface area contributed by atoms with Crippen LogP contribution in [0.25, 0.3) is 0 Å². The number of hydrogen-bond acceptors (Lipinski definition) is 2. The Hall–Kier alpha value is -0.870. The summed E-state index contributed by atoms with van der Waals surface area (Å²) < 4.78 is 6.52. The van der Waals surface area contributed by atoms with Gasteiger partial charge < -0.3 is 10.1 Å². The number of halogens is 1. The zero-order chi connectivity index (χ0) is 14.8. The van der Waals surface area contributed by atoms with Crippen LogP contribution in [0.2, 0.25) is 0 Å². The minimum atomic E-state index is -0.390. The van der Waals surface area contributed by atoms with E-state index in [1.54, 1.807) is 0 Å². The van der Waals surface area contributed by atoms with Gasteiger partial charge in [0.1, 0.15) is 0 Å². The number of carbonyl (C=O) groups excluding carboxylic acids is 1. The van der Waals surface area contributed by atoms with E-state index in [1.807, 2.05) is 45.0 Å². The number of ether oxygens (including phenoxy) is 1. The van der Waals surface area contributed by atoms with E-state index in [-0.39, 0.29) is 17.9 Å². The van der Waals surface area contributed by atoms with Gasteiger partial charge in [0.25, 0.3) is 0 Å². The minimum absolute atomic E-state index is 0.0560. The molecule has 4 heteroatoms. The summed E-state index contributed by atoms with van der Waals surface area (Å²) in [7, 11) is 0. The van der Waals surface area contributed by atoms with Crippen LogP contribution in [0.1, 0.15) is 39.2 Å². The molecule has 3 nitrogen and oxygen atoms in total. The molecular weight excluding hydrogens is 318 g/mol. The van der Waals surface area contributed by atoms with Gasteiger partial charge in [0.2, 0.25) is 5.91 Å². The fourth-order valence-electron chi connectivity index (χ4n) is 2.68. The summed E-state index contributed by atoms with van der Waals surface area (Å²) in [5.74, 6) is 0.182. The van der Waals surface area contributed by atoms with Crippen molar-refractivity contribution < 1.29 is 9.53 Å². The molecule has 0 spiro atoms. The summed E-state index contributed by atoms with van der Waals surface area (Å²) >= 11 is 3.56. The monoisotopic (exact) mass is 339 g/mol. The molecule has 1 aromatic carbocycles. The molecule has 1 aliphatic rings. The molecule has 2 atom stereocenters. The highest BCUT2D eigenvalue weighted by atomic mass is 79.9. The highest BCUT2D eigenvalue weighted by Gasteiger charge is 2.31. The third-order valence-corrected chi connectivity index (χ3v) is 4.53. The van der Waals surface area contributed by atoms with E-state index >= 15 is 0 Å². The second-order valence-corrected chi connectivity index (χ2v) is 6.85. The molecule has 0 aliphatic carbocycles. The highest BCUT2D eigenvalue weighted by Crippen LogP contribution is 2.29. The van der Waals surface area contributed by atoms with Gasteiger partial charge in [-0.15, -0.1) is 0 Å². The predicted octanol–water partition coefficient (Wildman–Crippen LogP) is 3.62. The molecule has 0 bridgehead atoms. The van der Waals surface area contributed by atoms with Crippen LogP contribution in [0.15, 0.2) is 28.7 Å². The average Bonchev–Trinajstić information content (AvgIpc) is 2.38. The van der Waals surface area contributed by atoms with E-state index in [4.69, 9.17) is 4.74 Å². The summed E-state index contributed by atoms with van der Waals surface area (Å²) in [4.78, 5) is 12.5. The molecule has 1 fully saturated rings. The van der Waals surface area contributed by atoms with Crippen molar-refractivity contribution in [1.82, 2.24) is 5.32 Å². The van der Waals surface area contributed by atoms with Crippen molar-refractivity contribution in [3.8, 4) is 0 Å². The standard InChI is InChI=1S/C16H22BrNO2/c1-11-10-12(8-9-20-11)15(19)18-16(2,3)13-6-4-5-7-14(13)17/h4-7,11-12H,8-10H2,1-3H3,(H,18,19)/t11-,12+/m0/s1. The van der Waals surface area contributed by atoms with Gasteiger partial charge in [-0.3, -0.25) is 4.79 Å². The second kappa shape index (κ2) is 6.27. The van der Waals surface area contributed by atoms with Crippen molar-refractivity contribution in [3.63, 3.8) is 0 Å². The van der Waals surface area contributed by atoms with E-state index in [9.17, 15) is 4.79 Å². The fraction of sp³-hybridized carbons (Fsp3) is 0.562. The van der Waals surface area contributed by atoms with Crippen molar-refractivity contribution in [1.29, 1.82) is 0 Å². The molecule has 1 N–H and O–H groups in total. The molecule has 1 aliphatic heterocycles. The van der Waals surface area contributed by atoms with Gasteiger partial charge >= 0.3 is 0 Å². The number of rotatable bonds is 3. The van der Waals surface area contributed by atoms with Crippen LogP contribution in [0.4, 0.5) is 0 Å². The van der Waals surface area contributed by atoms with Crippen LogP contribution in [0, 0.1) is 5.92 Å². The first kappa shape index (κ1) is 15.5. The molecule has 0 saturated carbocycles. The quantitative estimate of drug-likeness (QED) is 0.913. The lowest BCUT2D eigenvalue weighted by atomic mass is 9.90. The second-order valence-electron chi connectivity index (χ2n) is 6.00. The smallest absolute Gasteiger partial charge is 0.223 e. The molecule has 1 amide bonds. The summed E-state index contributed by atoms with van der Waals surface area (Å²) in [6.45, 7) is 6.77. The van der Waals surface area contributed by atoms with Gasteiger partial charge in [0, 0.05) is 17.0 Å². The first-order chi connectivity index (χ1) is 9.40. The van der Waals surface area contributed by atoms with Crippen LogP contribution in [-0.4, -0.2) is 18.6 Å². The molecule has 1 aromatic rings. The molecule has 2 rings (SSSR count). The van der Waals surface area contributed by atoms with E-state index in [0.29, 0.717) is 6.61 Å². The van der Waals surface area contributed by atoms with E-state index in [0.717, 1.165) is 22.9 Å². The summed E-state index contributed by atoms with van der Waals surface area (Å²) in [6.07, 6.45) is 1.78. The summed E-state index contributed by atoms with van der Waals surface area (Å²) in [6, 6.07) is 8.01. The van der Waals surface area contributed by atoms with Crippen LogP contribution in [0.5, 0.6) is 0 Å². The normalized spacial score (nSPS) is 23.4. The van der Waals surface area contributed by atoms with Crippen molar-refractivity contribution in [2.45, 2.75) is 45.3 Å². The van der Waals surface area contributed by atoms with Gasteiger partial charge in [-0.25, -0.2) is 0 Å². The largest absolute Gasteiger partial charge is 0.378 e. The van der Waals surface area contributed by atoms with Gasteiger partial charge in [0.15, 0.2) is 0 Å². The maximum absolute atomic E-state index is 12.5. The average molecular weight is 340 g/mol. The van der Waals surface area contributed by atoms with Gasteiger partial charge in [-0.2, -0.15) is 0 Å². The zero-order valence-electron chi connectivity index (χ0n) is 12.3. The van der Waals surface area contributed by atoms with Crippen molar-refractivity contribution in [2.24, 2.45) is 5.92 Å². The molecular formula is C16H22BrNO2. The predicted molar refractivity (Wildman–Crippen MR) is 83.4 cm³/mol. The highest BCUT2D eigenvalue weighted by molar-refractivity contribution is 9.10. The van der Waals surface area contributed by atoms with E-state index < -0.39 is 5.54 Å². The Morgan fingerprint density at radius 3 is 2.75 bits per heavy atom. The number of nitrogens with one attached hydrogen (secondary N) is 1.